The molecule has 0 aliphatic carbocycles. The van der Waals surface area contributed by atoms with Crippen LogP contribution in [0.1, 0.15) is 17.4 Å². The molecule has 3 rings (SSSR count). The van der Waals surface area contributed by atoms with Crippen molar-refractivity contribution in [3.8, 4) is 10.4 Å². The summed E-state index contributed by atoms with van der Waals surface area (Å²) < 4.78 is 0. The summed E-state index contributed by atoms with van der Waals surface area (Å²) in [7, 11) is 0. The Hall–Kier alpha value is -2.46. The van der Waals surface area contributed by atoms with Crippen molar-refractivity contribution < 1.29 is 4.79 Å². The number of aromatic nitrogens is 1. The van der Waals surface area contributed by atoms with E-state index in [4.69, 9.17) is 0 Å². The van der Waals surface area contributed by atoms with Gasteiger partial charge in [-0.25, -0.2) is 4.98 Å². The van der Waals surface area contributed by atoms with E-state index in [1.807, 2.05) is 67.6 Å². The number of carbonyl (C=O) groups excluding carboxylic acids is 1. The summed E-state index contributed by atoms with van der Waals surface area (Å²) in [6, 6.07) is 19.6. The van der Waals surface area contributed by atoms with E-state index in [1.54, 1.807) is 10.4 Å². The molecule has 0 bridgehead atoms. The summed E-state index contributed by atoms with van der Waals surface area (Å²) in [6.07, 6.45) is 0. The van der Waals surface area contributed by atoms with E-state index in [9.17, 15) is 4.79 Å². The number of carbonyl (C=O) groups is 1. The van der Waals surface area contributed by atoms with Crippen LogP contribution in [-0.4, -0.2) is 17.4 Å². The van der Waals surface area contributed by atoms with Gasteiger partial charge in [0, 0.05) is 12.2 Å². The molecule has 2 aromatic carbocycles. The molecule has 1 heterocycles. The molecule has 0 unspecified atom stereocenters. The van der Waals surface area contributed by atoms with Crippen molar-refractivity contribution in [3.63, 3.8) is 0 Å². The Bertz CT molecular complexity index is 753. The molecule has 4 heteroatoms. The van der Waals surface area contributed by atoms with Crippen molar-refractivity contribution in [2.45, 2.75) is 6.92 Å². The number of rotatable bonds is 4. The lowest BCUT2D eigenvalue weighted by atomic mass is 10.1. The summed E-state index contributed by atoms with van der Waals surface area (Å²) in [4.78, 5) is 19.9. The summed E-state index contributed by atoms with van der Waals surface area (Å²) in [6.45, 7) is 2.58. The molecule has 0 saturated carbocycles. The predicted molar refractivity (Wildman–Crippen MR) is 91.3 cm³/mol. The van der Waals surface area contributed by atoms with Gasteiger partial charge in [0.25, 0.3) is 5.91 Å². The second-order valence-corrected chi connectivity index (χ2v) is 5.64. The maximum Gasteiger partial charge on any atom is 0.278 e. The van der Waals surface area contributed by atoms with E-state index < -0.39 is 0 Å². The second kappa shape index (κ2) is 6.54. The van der Waals surface area contributed by atoms with Crippen molar-refractivity contribution in [2.75, 3.05) is 11.4 Å². The van der Waals surface area contributed by atoms with Gasteiger partial charge in [0.15, 0.2) is 0 Å². The van der Waals surface area contributed by atoms with Gasteiger partial charge in [-0.05, 0) is 24.6 Å². The number of benzene rings is 2. The highest BCUT2D eigenvalue weighted by Crippen LogP contribution is 2.29. The highest BCUT2D eigenvalue weighted by atomic mass is 32.1. The number of anilines is 1. The first-order valence-corrected chi connectivity index (χ1v) is 8.05. The summed E-state index contributed by atoms with van der Waals surface area (Å²) >= 11 is 1.50. The monoisotopic (exact) mass is 308 g/mol. The van der Waals surface area contributed by atoms with Crippen LogP contribution in [0.3, 0.4) is 0 Å². The zero-order valence-corrected chi connectivity index (χ0v) is 13.1. The van der Waals surface area contributed by atoms with Crippen molar-refractivity contribution in [2.24, 2.45) is 0 Å². The Morgan fingerprint density at radius 2 is 1.68 bits per heavy atom. The van der Waals surface area contributed by atoms with Crippen LogP contribution >= 0.6 is 11.3 Å². The lowest BCUT2D eigenvalue weighted by Gasteiger charge is -2.20. The van der Waals surface area contributed by atoms with Crippen molar-refractivity contribution in [3.05, 3.63) is 71.9 Å². The molecule has 0 N–H and O–H groups in total. The van der Waals surface area contributed by atoms with Crippen LogP contribution in [0, 0.1) is 0 Å². The first kappa shape index (κ1) is 14.5. The molecule has 3 aromatic rings. The van der Waals surface area contributed by atoms with Crippen molar-refractivity contribution in [1.82, 2.24) is 4.98 Å². The van der Waals surface area contributed by atoms with Crippen molar-refractivity contribution >= 4 is 22.9 Å². The van der Waals surface area contributed by atoms with E-state index in [1.165, 1.54) is 11.3 Å². The number of thiazole rings is 1. The third kappa shape index (κ3) is 2.78. The summed E-state index contributed by atoms with van der Waals surface area (Å²) in [5.74, 6) is -0.0613. The Labute approximate surface area is 133 Å². The van der Waals surface area contributed by atoms with E-state index >= 15 is 0 Å². The fourth-order valence-corrected chi connectivity index (χ4v) is 3.16. The molecular formula is C18H16N2OS. The molecule has 0 aliphatic heterocycles. The van der Waals surface area contributed by atoms with Crippen LogP contribution in [-0.2, 0) is 0 Å². The van der Waals surface area contributed by atoms with Crippen LogP contribution in [0.15, 0.2) is 66.2 Å². The molecular weight excluding hydrogens is 292 g/mol. The van der Waals surface area contributed by atoms with E-state index in [0.717, 1.165) is 16.1 Å². The number of para-hydroxylation sites is 1. The molecule has 22 heavy (non-hydrogen) atoms. The molecule has 0 atom stereocenters. The average molecular weight is 308 g/mol. The molecule has 1 aromatic heterocycles. The van der Waals surface area contributed by atoms with Gasteiger partial charge in [-0.2, -0.15) is 0 Å². The summed E-state index contributed by atoms with van der Waals surface area (Å²) in [5.41, 5.74) is 4.16. The number of hydrogen-bond donors (Lipinski definition) is 0. The minimum absolute atomic E-state index is 0.0613. The lowest BCUT2D eigenvalue weighted by molar-refractivity contribution is 0.0985. The van der Waals surface area contributed by atoms with Crippen LogP contribution in [0.5, 0.6) is 0 Å². The Balaban J connectivity index is 1.98. The van der Waals surface area contributed by atoms with Gasteiger partial charge in [-0.15, -0.1) is 11.3 Å². The third-order valence-corrected chi connectivity index (χ3v) is 4.31. The molecule has 0 aliphatic rings. The topological polar surface area (TPSA) is 33.2 Å². The first-order chi connectivity index (χ1) is 10.8. The largest absolute Gasteiger partial charge is 0.307 e. The average Bonchev–Trinajstić information content (AvgIpc) is 3.07. The van der Waals surface area contributed by atoms with Gasteiger partial charge in [0.2, 0.25) is 0 Å². The van der Waals surface area contributed by atoms with Gasteiger partial charge in [-0.3, -0.25) is 4.79 Å². The third-order valence-electron chi connectivity index (χ3n) is 3.44. The maximum atomic E-state index is 12.9. The van der Waals surface area contributed by atoms with Gasteiger partial charge >= 0.3 is 0 Å². The van der Waals surface area contributed by atoms with Gasteiger partial charge in [0.1, 0.15) is 5.69 Å². The molecule has 1 amide bonds. The first-order valence-electron chi connectivity index (χ1n) is 7.17. The Morgan fingerprint density at radius 3 is 2.32 bits per heavy atom. The maximum absolute atomic E-state index is 12.9. The number of hydrogen-bond acceptors (Lipinski definition) is 3. The minimum Gasteiger partial charge on any atom is -0.307 e. The van der Waals surface area contributed by atoms with Crippen LogP contribution in [0.4, 0.5) is 5.69 Å². The molecule has 0 spiro atoms. The summed E-state index contributed by atoms with van der Waals surface area (Å²) in [5, 5.41) is 0. The van der Waals surface area contributed by atoms with Gasteiger partial charge in [0.05, 0.1) is 10.4 Å². The second-order valence-electron chi connectivity index (χ2n) is 4.78. The van der Waals surface area contributed by atoms with E-state index in [0.29, 0.717) is 12.2 Å². The molecule has 0 fully saturated rings. The molecule has 0 saturated heterocycles. The number of amides is 1. The fourth-order valence-electron chi connectivity index (χ4n) is 2.37. The normalized spacial score (nSPS) is 10.4. The minimum atomic E-state index is -0.0613. The quantitative estimate of drug-likeness (QED) is 0.712. The van der Waals surface area contributed by atoms with E-state index in [2.05, 4.69) is 4.98 Å². The Kier molecular flexibility index (Phi) is 4.30. The van der Waals surface area contributed by atoms with Gasteiger partial charge < -0.3 is 4.90 Å². The molecule has 110 valence electrons. The zero-order chi connectivity index (χ0) is 15.4. The van der Waals surface area contributed by atoms with Crippen molar-refractivity contribution in [1.29, 1.82) is 0 Å². The van der Waals surface area contributed by atoms with Gasteiger partial charge in [-0.1, -0.05) is 48.5 Å². The lowest BCUT2D eigenvalue weighted by Crippen LogP contribution is -2.31. The number of nitrogens with zero attached hydrogens (tertiary/aromatic N) is 2. The molecule has 3 nitrogen and oxygen atoms in total. The zero-order valence-electron chi connectivity index (χ0n) is 12.3. The highest BCUT2D eigenvalue weighted by Gasteiger charge is 2.22. The Morgan fingerprint density at radius 1 is 1.05 bits per heavy atom. The van der Waals surface area contributed by atoms with E-state index in [-0.39, 0.29) is 5.91 Å². The smallest absolute Gasteiger partial charge is 0.278 e. The van der Waals surface area contributed by atoms with Crippen LogP contribution < -0.4 is 4.90 Å². The standard InChI is InChI=1S/C18H16N2OS/c1-2-20(15-11-7-4-8-12-15)18(21)16-17(22-13-19-16)14-9-5-3-6-10-14/h3-13H,2H2,1H3. The van der Waals surface area contributed by atoms with Crippen LogP contribution in [0.25, 0.3) is 10.4 Å². The fraction of sp³-hybridized carbons (Fsp3) is 0.111. The SMILES string of the molecule is CCN(C(=O)c1ncsc1-c1ccccc1)c1ccccc1. The van der Waals surface area contributed by atoms with Crippen LogP contribution in [0.2, 0.25) is 0 Å². The highest BCUT2D eigenvalue weighted by molar-refractivity contribution is 7.13. The molecule has 0 radical (unpaired) electrons. The predicted octanol–water partition coefficient (Wildman–Crippen LogP) is 4.48.